The third-order valence-electron chi connectivity index (χ3n) is 2.89. The average molecular weight is 228 g/mol. The molecule has 0 aromatic heterocycles. The number of quaternary nitrogens is 1. The molecule has 0 heterocycles. The van der Waals surface area contributed by atoms with Gasteiger partial charge in [0.1, 0.15) is 18.0 Å². The smallest absolute Gasteiger partial charge is 0.131 e. The summed E-state index contributed by atoms with van der Waals surface area (Å²) >= 11 is 0. The van der Waals surface area contributed by atoms with Gasteiger partial charge in [0.2, 0.25) is 0 Å². The molecule has 0 fully saturated rings. The minimum absolute atomic E-state index is 0.908. The Bertz CT molecular complexity index is 450. The Labute approximate surface area is 102 Å². The number of para-hydroxylation sites is 1. The van der Waals surface area contributed by atoms with Crippen LogP contribution in [0.15, 0.2) is 54.6 Å². The first kappa shape index (κ1) is 11.7. The zero-order valence-electron chi connectivity index (χ0n) is 10.3. The largest absolute Gasteiger partial charge is 0.497 e. The van der Waals surface area contributed by atoms with E-state index in [1.165, 1.54) is 16.2 Å². The van der Waals surface area contributed by atoms with E-state index in [2.05, 4.69) is 43.4 Å². The maximum Gasteiger partial charge on any atom is 0.131 e. The van der Waals surface area contributed by atoms with Crippen molar-refractivity contribution in [2.24, 2.45) is 0 Å². The van der Waals surface area contributed by atoms with E-state index in [0.29, 0.717) is 0 Å². The summed E-state index contributed by atoms with van der Waals surface area (Å²) in [5.74, 6) is 0.908. The maximum atomic E-state index is 5.15. The van der Waals surface area contributed by atoms with Gasteiger partial charge in [-0.25, -0.2) is 0 Å². The lowest BCUT2D eigenvalue weighted by molar-refractivity contribution is -0.825. The van der Waals surface area contributed by atoms with Crippen molar-refractivity contribution >= 4 is 5.69 Å². The van der Waals surface area contributed by atoms with Crippen LogP contribution in [0.3, 0.4) is 0 Å². The van der Waals surface area contributed by atoms with Crippen LogP contribution in [0, 0.1) is 0 Å². The minimum atomic E-state index is 0.908. The van der Waals surface area contributed by atoms with Crippen molar-refractivity contribution in [3.63, 3.8) is 0 Å². The van der Waals surface area contributed by atoms with E-state index in [1.54, 1.807) is 7.11 Å². The summed E-state index contributed by atoms with van der Waals surface area (Å²) in [6, 6.07) is 18.7. The average Bonchev–Trinajstić information content (AvgIpc) is 2.40. The molecule has 0 bridgehead atoms. The number of benzene rings is 2. The highest BCUT2D eigenvalue weighted by molar-refractivity contribution is 5.29. The van der Waals surface area contributed by atoms with E-state index in [0.717, 1.165) is 12.3 Å². The van der Waals surface area contributed by atoms with Crippen LogP contribution in [0.1, 0.15) is 5.56 Å². The van der Waals surface area contributed by atoms with Crippen LogP contribution in [0.25, 0.3) is 0 Å². The Morgan fingerprint density at radius 1 is 0.941 bits per heavy atom. The van der Waals surface area contributed by atoms with Gasteiger partial charge in [-0.2, -0.15) is 0 Å². The normalized spacial score (nSPS) is 12.1. The zero-order chi connectivity index (χ0) is 12.1. The van der Waals surface area contributed by atoms with E-state index < -0.39 is 0 Å². The van der Waals surface area contributed by atoms with Crippen molar-refractivity contribution in [2.45, 2.75) is 6.54 Å². The Morgan fingerprint density at radius 3 is 2.18 bits per heavy atom. The summed E-state index contributed by atoms with van der Waals surface area (Å²) in [5.41, 5.74) is 2.62. The van der Waals surface area contributed by atoms with E-state index in [9.17, 15) is 0 Å². The van der Waals surface area contributed by atoms with Crippen LogP contribution in [-0.4, -0.2) is 14.2 Å². The van der Waals surface area contributed by atoms with Crippen LogP contribution < -0.4 is 9.64 Å². The van der Waals surface area contributed by atoms with Crippen LogP contribution in [0.2, 0.25) is 0 Å². The molecule has 2 heteroatoms. The van der Waals surface area contributed by atoms with Gasteiger partial charge in [0.25, 0.3) is 0 Å². The summed E-state index contributed by atoms with van der Waals surface area (Å²) in [6.45, 7) is 0.980. The lowest BCUT2D eigenvalue weighted by Gasteiger charge is -2.13. The molecule has 0 aliphatic rings. The molecule has 1 unspecified atom stereocenters. The maximum absolute atomic E-state index is 5.15. The molecule has 2 rings (SSSR count). The predicted molar refractivity (Wildman–Crippen MR) is 69.7 cm³/mol. The predicted octanol–water partition coefficient (Wildman–Crippen LogP) is 2.04. The number of nitrogens with one attached hydrogen (secondary N) is 1. The third kappa shape index (κ3) is 3.08. The molecule has 0 spiro atoms. The van der Waals surface area contributed by atoms with Crippen molar-refractivity contribution in [1.82, 2.24) is 0 Å². The molecule has 2 aromatic rings. The van der Waals surface area contributed by atoms with Crippen molar-refractivity contribution < 1.29 is 9.64 Å². The highest BCUT2D eigenvalue weighted by atomic mass is 16.5. The fourth-order valence-corrected chi connectivity index (χ4v) is 1.87. The second kappa shape index (κ2) is 5.51. The molecule has 1 N–H and O–H groups in total. The molecule has 2 aromatic carbocycles. The van der Waals surface area contributed by atoms with E-state index in [-0.39, 0.29) is 0 Å². The van der Waals surface area contributed by atoms with E-state index in [1.807, 2.05) is 18.2 Å². The fraction of sp³-hybridized carbons (Fsp3) is 0.200. The fourth-order valence-electron chi connectivity index (χ4n) is 1.87. The molecule has 0 amide bonds. The summed E-state index contributed by atoms with van der Waals surface area (Å²) in [7, 11) is 3.87. The number of methoxy groups -OCH3 is 1. The van der Waals surface area contributed by atoms with Crippen molar-refractivity contribution in [3.8, 4) is 5.75 Å². The Kier molecular flexibility index (Phi) is 3.78. The Hall–Kier alpha value is -1.80. The van der Waals surface area contributed by atoms with Crippen LogP contribution in [0.5, 0.6) is 5.75 Å². The van der Waals surface area contributed by atoms with Gasteiger partial charge in [-0.3, -0.25) is 0 Å². The van der Waals surface area contributed by atoms with Gasteiger partial charge in [-0.1, -0.05) is 18.2 Å². The highest BCUT2D eigenvalue weighted by Crippen LogP contribution is 2.10. The molecule has 2 nitrogen and oxygen atoms in total. The molecule has 0 radical (unpaired) electrons. The van der Waals surface area contributed by atoms with Crippen molar-refractivity contribution in [1.29, 1.82) is 0 Å². The molecule has 0 aliphatic carbocycles. The lowest BCUT2D eigenvalue weighted by atomic mass is 10.2. The molecule has 17 heavy (non-hydrogen) atoms. The molecular formula is C15H18NO+. The number of hydrogen-bond acceptors (Lipinski definition) is 1. The van der Waals surface area contributed by atoms with Crippen LogP contribution in [0.4, 0.5) is 5.69 Å². The SMILES string of the molecule is COc1ccc(C[NH+](C)c2ccccc2)cc1. The van der Waals surface area contributed by atoms with Crippen molar-refractivity contribution in [3.05, 3.63) is 60.2 Å². The molecule has 0 aliphatic heterocycles. The van der Waals surface area contributed by atoms with Gasteiger partial charge in [0, 0.05) is 5.56 Å². The monoisotopic (exact) mass is 228 g/mol. The molecule has 88 valence electrons. The summed E-state index contributed by atoms with van der Waals surface area (Å²) < 4.78 is 5.15. The van der Waals surface area contributed by atoms with Crippen LogP contribution >= 0.6 is 0 Å². The van der Waals surface area contributed by atoms with Gasteiger partial charge in [0.05, 0.1) is 14.2 Å². The first-order valence-corrected chi connectivity index (χ1v) is 5.80. The van der Waals surface area contributed by atoms with Gasteiger partial charge in [0.15, 0.2) is 0 Å². The van der Waals surface area contributed by atoms with Gasteiger partial charge in [-0.15, -0.1) is 0 Å². The quantitative estimate of drug-likeness (QED) is 0.845. The second-order valence-electron chi connectivity index (χ2n) is 4.17. The van der Waals surface area contributed by atoms with Crippen molar-refractivity contribution in [2.75, 3.05) is 14.2 Å². The second-order valence-corrected chi connectivity index (χ2v) is 4.17. The summed E-state index contributed by atoms with van der Waals surface area (Å²) in [5, 5.41) is 0. The summed E-state index contributed by atoms with van der Waals surface area (Å²) in [6.07, 6.45) is 0. The number of ether oxygens (including phenoxy) is 1. The Morgan fingerprint density at radius 2 is 1.59 bits per heavy atom. The molecular weight excluding hydrogens is 210 g/mol. The zero-order valence-corrected chi connectivity index (χ0v) is 10.3. The minimum Gasteiger partial charge on any atom is -0.497 e. The van der Waals surface area contributed by atoms with E-state index in [4.69, 9.17) is 4.74 Å². The highest BCUT2D eigenvalue weighted by Gasteiger charge is 2.06. The Balaban J connectivity index is 2.05. The first-order valence-electron chi connectivity index (χ1n) is 5.80. The summed E-state index contributed by atoms with van der Waals surface area (Å²) in [4.78, 5) is 1.38. The molecule has 1 atom stereocenters. The molecule has 0 saturated carbocycles. The number of hydrogen-bond donors (Lipinski definition) is 1. The van der Waals surface area contributed by atoms with Gasteiger partial charge < -0.3 is 9.64 Å². The van der Waals surface area contributed by atoms with Gasteiger partial charge >= 0.3 is 0 Å². The molecule has 0 saturated heterocycles. The van der Waals surface area contributed by atoms with Gasteiger partial charge in [-0.05, 0) is 36.4 Å². The standard InChI is InChI=1S/C15H17NO/c1-16(14-6-4-3-5-7-14)12-13-8-10-15(17-2)11-9-13/h3-11H,12H2,1-2H3/p+1. The number of rotatable bonds is 4. The van der Waals surface area contributed by atoms with Crippen LogP contribution in [-0.2, 0) is 6.54 Å². The topological polar surface area (TPSA) is 13.7 Å². The first-order chi connectivity index (χ1) is 8.29. The lowest BCUT2D eigenvalue weighted by Crippen LogP contribution is -3.02. The van der Waals surface area contributed by atoms with E-state index >= 15 is 0 Å². The third-order valence-corrected chi connectivity index (χ3v) is 2.89.